The lowest BCUT2D eigenvalue weighted by Gasteiger charge is -2.21. The summed E-state index contributed by atoms with van der Waals surface area (Å²) in [4.78, 5) is 19.0. The molecule has 0 amide bonds. The number of hydrogen-bond donors (Lipinski definition) is 1. The van der Waals surface area contributed by atoms with Crippen molar-refractivity contribution in [1.82, 2.24) is 14.5 Å². The zero-order chi connectivity index (χ0) is 11.7. The first-order valence-electron chi connectivity index (χ1n) is 6.38. The Morgan fingerprint density at radius 2 is 2.18 bits per heavy atom. The van der Waals surface area contributed by atoms with Crippen molar-refractivity contribution in [2.75, 3.05) is 0 Å². The topological polar surface area (TPSA) is 50.7 Å². The van der Waals surface area contributed by atoms with Crippen LogP contribution in [0.5, 0.6) is 0 Å². The maximum Gasteiger partial charge on any atom is 0.327 e. The molecule has 17 heavy (non-hydrogen) atoms. The zero-order valence-electron chi connectivity index (χ0n) is 9.85. The second kappa shape index (κ2) is 4.35. The zero-order valence-corrected chi connectivity index (χ0v) is 9.85. The fourth-order valence-electron chi connectivity index (χ4n) is 2.79. The number of H-pyrrole nitrogens is 1. The summed E-state index contributed by atoms with van der Waals surface area (Å²) in [6.07, 6.45) is 8.17. The lowest BCUT2D eigenvalue weighted by molar-refractivity contribution is 0.319. The van der Waals surface area contributed by atoms with Crippen LogP contribution in [0.1, 0.15) is 32.1 Å². The molecule has 4 heteroatoms. The van der Waals surface area contributed by atoms with Gasteiger partial charge >= 0.3 is 5.69 Å². The van der Waals surface area contributed by atoms with Crippen molar-refractivity contribution in [3.63, 3.8) is 0 Å². The molecule has 0 unspecified atom stereocenters. The standard InChI is InChI=1S/C13H17N3O/c17-13-15-11-7-4-8-14-12(11)16(13)9-10-5-2-1-3-6-10/h4,7-8,10H,1-3,5-6,9H2,(H,15,17). The van der Waals surface area contributed by atoms with Crippen LogP contribution in [-0.2, 0) is 6.54 Å². The molecule has 0 atom stereocenters. The molecular formula is C13H17N3O. The van der Waals surface area contributed by atoms with Crippen LogP contribution in [0.3, 0.4) is 0 Å². The molecule has 0 spiro atoms. The second-order valence-corrected chi connectivity index (χ2v) is 4.92. The fourth-order valence-corrected chi connectivity index (χ4v) is 2.79. The molecule has 0 aliphatic heterocycles. The van der Waals surface area contributed by atoms with Gasteiger partial charge in [0.25, 0.3) is 0 Å². The third-order valence-corrected chi connectivity index (χ3v) is 3.69. The van der Waals surface area contributed by atoms with E-state index in [0.717, 1.165) is 17.7 Å². The van der Waals surface area contributed by atoms with Crippen LogP contribution in [0.2, 0.25) is 0 Å². The van der Waals surface area contributed by atoms with Crippen molar-refractivity contribution in [3.8, 4) is 0 Å². The minimum absolute atomic E-state index is 0.0238. The average molecular weight is 231 g/mol. The van der Waals surface area contributed by atoms with Crippen molar-refractivity contribution in [2.45, 2.75) is 38.6 Å². The van der Waals surface area contributed by atoms with Crippen LogP contribution < -0.4 is 5.69 Å². The van der Waals surface area contributed by atoms with E-state index in [0.29, 0.717) is 5.92 Å². The molecule has 1 saturated carbocycles. The third-order valence-electron chi connectivity index (χ3n) is 3.69. The molecule has 90 valence electrons. The van der Waals surface area contributed by atoms with Crippen LogP contribution in [0.25, 0.3) is 11.2 Å². The summed E-state index contributed by atoms with van der Waals surface area (Å²) in [7, 11) is 0. The summed E-state index contributed by atoms with van der Waals surface area (Å²) in [6, 6.07) is 3.75. The van der Waals surface area contributed by atoms with Gasteiger partial charge in [-0.15, -0.1) is 0 Å². The van der Waals surface area contributed by atoms with E-state index >= 15 is 0 Å². The quantitative estimate of drug-likeness (QED) is 0.862. The van der Waals surface area contributed by atoms with Gasteiger partial charge in [-0.1, -0.05) is 19.3 Å². The molecule has 2 aromatic rings. The van der Waals surface area contributed by atoms with E-state index in [4.69, 9.17) is 0 Å². The van der Waals surface area contributed by atoms with Gasteiger partial charge in [0.1, 0.15) is 0 Å². The first-order chi connectivity index (χ1) is 8.34. The predicted octanol–water partition coefficient (Wildman–Crippen LogP) is 2.30. The molecule has 0 saturated heterocycles. The minimum Gasteiger partial charge on any atom is -0.304 e. The monoisotopic (exact) mass is 231 g/mol. The summed E-state index contributed by atoms with van der Waals surface area (Å²) in [5.74, 6) is 0.641. The summed E-state index contributed by atoms with van der Waals surface area (Å²) in [6.45, 7) is 0.815. The Morgan fingerprint density at radius 1 is 1.35 bits per heavy atom. The van der Waals surface area contributed by atoms with E-state index in [9.17, 15) is 4.79 Å². The summed E-state index contributed by atoms with van der Waals surface area (Å²) in [5.41, 5.74) is 1.61. The van der Waals surface area contributed by atoms with Gasteiger partial charge in [-0.2, -0.15) is 0 Å². The summed E-state index contributed by atoms with van der Waals surface area (Å²) >= 11 is 0. The fraction of sp³-hybridized carbons (Fsp3) is 0.538. The van der Waals surface area contributed by atoms with Gasteiger partial charge in [-0.25, -0.2) is 9.78 Å². The number of pyridine rings is 1. The van der Waals surface area contributed by atoms with Gasteiger partial charge in [0.05, 0.1) is 5.52 Å². The van der Waals surface area contributed by atoms with E-state index < -0.39 is 0 Å². The van der Waals surface area contributed by atoms with E-state index in [-0.39, 0.29) is 5.69 Å². The Kier molecular flexibility index (Phi) is 2.71. The molecule has 1 aliphatic carbocycles. The molecule has 1 fully saturated rings. The largest absolute Gasteiger partial charge is 0.327 e. The number of nitrogens with one attached hydrogen (secondary N) is 1. The Hall–Kier alpha value is -1.58. The summed E-state index contributed by atoms with van der Waals surface area (Å²) in [5, 5.41) is 0. The lowest BCUT2D eigenvalue weighted by atomic mass is 9.89. The van der Waals surface area contributed by atoms with Crippen LogP contribution in [0.15, 0.2) is 23.1 Å². The Morgan fingerprint density at radius 3 is 3.00 bits per heavy atom. The molecular weight excluding hydrogens is 214 g/mol. The van der Waals surface area contributed by atoms with Gasteiger partial charge in [0.15, 0.2) is 5.65 Å². The third kappa shape index (κ3) is 1.99. The normalized spacial score (nSPS) is 17.6. The number of aromatic nitrogens is 3. The molecule has 1 N–H and O–H groups in total. The SMILES string of the molecule is O=c1[nH]c2cccnc2n1CC1CCCCC1. The number of fused-ring (bicyclic) bond motifs is 1. The first-order valence-corrected chi connectivity index (χ1v) is 6.38. The van der Waals surface area contributed by atoms with Crippen molar-refractivity contribution >= 4 is 11.2 Å². The highest BCUT2D eigenvalue weighted by molar-refractivity contribution is 5.69. The Labute approximate surface area is 99.7 Å². The van der Waals surface area contributed by atoms with Gasteiger partial charge in [-0.05, 0) is 30.9 Å². The molecule has 2 aromatic heterocycles. The number of aromatic amines is 1. The van der Waals surface area contributed by atoms with Crippen LogP contribution in [-0.4, -0.2) is 14.5 Å². The van der Waals surface area contributed by atoms with Crippen molar-refractivity contribution in [1.29, 1.82) is 0 Å². The highest BCUT2D eigenvalue weighted by Gasteiger charge is 2.16. The molecule has 0 aromatic carbocycles. The van der Waals surface area contributed by atoms with Crippen LogP contribution in [0, 0.1) is 5.92 Å². The second-order valence-electron chi connectivity index (χ2n) is 4.92. The van der Waals surface area contributed by atoms with Crippen molar-refractivity contribution in [2.24, 2.45) is 5.92 Å². The van der Waals surface area contributed by atoms with Gasteiger partial charge < -0.3 is 4.98 Å². The van der Waals surface area contributed by atoms with E-state index in [1.165, 1.54) is 32.1 Å². The number of nitrogens with zero attached hydrogens (tertiary/aromatic N) is 2. The van der Waals surface area contributed by atoms with Crippen LogP contribution in [0.4, 0.5) is 0 Å². The van der Waals surface area contributed by atoms with Gasteiger partial charge in [-0.3, -0.25) is 4.57 Å². The van der Waals surface area contributed by atoms with Gasteiger partial charge in [0, 0.05) is 12.7 Å². The molecule has 1 aliphatic rings. The minimum atomic E-state index is -0.0238. The average Bonchev–Trinajstić information content (AvgIpc) is 2.68. The van der Waals surface area contributed by atoms with E-state index in [2.05, 4.69) is 9.97 Å². The Balaban J connectivity index is 1.93. The first kappa shape index (κ1) is 10.6. The Bertz CT molecular complexity index is 563. The van der Waals surface area contributed by atoms with Crippen LogP contribution >= 0.6 is 0 Å². The molecule has 4 nitrogen and oxygen atoms in total. The van der Waals surface area contributed by atoms with E-state index in [1.807, 2.05) is 12.1 Å². The molecule has 0 radical (unpaired) electrons. The molecule has 0 bridgehead atoms. The lowest BCUT2D eigenvalue weighted by Crippen LogP contribution is -2.23. The van der Waals surface area contributed by atoms with Crippen molar-refractivity contribution in [3.05, 3.63) is 28.8 Å². The van der Waals surface area contributed by atoms with Gasteiger partial charge in [0.2, 0.25) is 0 Å². The highest BCUT2D eigenvalue weighted by Crippen LogP contribution is 2.25. The maximum atomic E-state index is 11.9. The number of imidazole rings is 1. The highest BCUT2D eigenvalue weighted by atomic mass is 16.1. The number of rotatable bonds is 2. The van der Waals surface area contributed by atoms with E-state index in [1.54, 1.807) is 10.8 Å². The maximum absolute atomic E-state index is 11.9. The molecule has 3 rings (SSSR count). The predicted molar refractivity (Wildman–Crippen MR) is 66.9 cm³/mol. The smallest absolute Gasteiger partial charge is 0.304 e. The van der Waals surface area contributed by atoms with Crippen molar-refractivity contribution < 1.29 is 0 Å². The summed E-state index contributed by atoms with van der Waals surface area (Å²) < 4.78 is 1.80. The number of hydrogen-bond acceptors (Lipinski definition) is 2. The molecule has 2 heterocycles.